The van der Waals surface area contributed by atoms with Crippen LogP contribution in [0.3, 0.4) is 0 Å². The molecule has 20 heavy (non-hydrogen) atoms. The molecule has 4 heteroatoms. The number of nitrogens with zero attached hydrogens (tertiary/aromatic N) is 1. The molecule has 1 atom stereocenters. The van der Waals surface area contributed by atoms with Gasteiger partial charge in [0.1, 0.15) is 5.15 Å². The number of thiophene rings is 1. The lowest BCUT2D eigenvalue weighted by Gasteiger charge is -2.14. The van der Waals surface area contributed by atoms with Crippen molar-refractivity contribution in [2.75, 3.05) is 5.32 Å². The Morgan fingerprint density at radius 3 is 2.70 bits per heavy atom. The maximum Gasteiger partial charge on any atom is 0.129 e. The average molecular weight is 303 g/mol. The molecular weight excluding hydrogens is 288 g/mol. The molecule has 2 heterocycles. The lowest BCUT2D eigenvalue weighted by atomic mass is 10.1. The number of nitrogens with one attached hydrogen (secondary N) is 1. The van der Waals surface area contributed by atoms with E-state index in [0.717, 1.165) is 5.69 Å². The molecule has 2 aromatic heterocycles. The molecule has 0 fully saturated rings. The van der Waals surface area contributed by atoms with E-state index in [2.05, 4.69) is 48.4 Å². The molecule has 0 aliphatic heterocycles. The highest BCUT2D eigenvalue weighted by atomic mass is 35.5. The molecule has 1 N–H and O–H groups in total. The normalized spacial score (nSPS) is 12.6. The fourth-order valence-electron chi connectivity index (χ4n) is 2.38. The minimum atomic E-state index is 0.246. The summed E-state index contributed by atoms with van der Waals surface area (Å²) in [7, 11) is 0. The van der Waals surface area contributed by atoms with E-state index in [4.69, 9.17) is 11.6 Å². The van der Waals surface area contributed by atoms with Crippen molar-refractivity contribution in [3.8, 4) is 0 Å². The van der Waals surface area contributed by atoms with Crippen LogP contribution >= 0.6 is 22.9 Å². The molecule has 0 spiro atoms. The monoisotopic (exact) mass is 302 g/mol. The molecular formula is C16H15ClN2S. The van der Waals surface area contributed by atoms with Crippen LogP contribution in [0.4, 0.5) is 5.69 Å². The standard InChI is InChI=1S/C16H15ClN2S/c1-10-13-5-3-4-6-14(13)20-16(10)11(2)19-12-7-8-15(17)18-9-12/h3-9,11,19H,1-2H3. The zero-order valence-electron chi connectivity index (χ0n) is 11.4. The van der Waals surface area contributed by atoms with Crippen LogP contribution in [0.2, 0.25) is 5.15 Å². The van der Waals surface area contributed by atoms with Gasteiger partial charge in [0, 0.05) is 9.58 Å². The molecule has 2 nitrogen and oxygen atoms in total. The van der Waals surface area contributed by atoms with Gasteiger partial charge in [0.25, 0.3) is 0 Å². The van der Waals surface area contributed by atoms with Gasteiger partial charge in [-0.3, -0.25) is 0 Å². The summed E-state index contributed by atoms with van der Waals surface area (Å²) < 4.78 is 1.34. The van der Waals surface area contributed by atoms with E-state index >= 15 is 0 Å². The van der Waals surface area contributed by atoms with E-state index in [1.807, 2.05) is 17.4 Å². The van der Waals surface area contributed by atoms with Crippen molar-refractivity contribution in [1.82, 2.24) is 4.98 Å². The highest BCUT2D eigenvalue weighted by molar-refractivity contribution is 7.19. The van der Waals surface area contributed by atoms with E-state index in [9.17, 15) is 0 Å². The lowest BCUT2D eigenvalue weighted by Crippen LogP contribution is -2.06. The van der Waals surface area contributed by atoms with Gasteiger partial charge in [-0.1, -0.05) is 29.8 Å². The van der Waals surface area contributed by atoms with E-state index in [1.165, 1.54) is 20.5 Å². The Hall–Kier alpha value is -1.58. The number of aryl methyl sites for hydroxylation is 1. The van der Waals surface area contributed by atoms with Gasteiger partial charge in [-0.15, -0.1) is 11.3 Å². The molecule has 0 aliphatic carbocycles. The average Bonchev–Trinajstić information content (AvgIpc) is 2.79. The minimum absolute atomic E-state index is 0.246. The Balaban J connectivity index is 1.90. The van der Waals surface area contributed by atoms with Crippen LogP contribution in [0.1, 0.15) is 23.4 Å². The van der Waals surface area contributed by atoms with E-state index in [1.54, 1.807) is 12.3 Å². The third kappa shape index (κ3) is 2.51. The van der Waals surface area contributed by atoms with Gasteiger partial charge in [0.15, 0.2) is 0 Å². The fraction of sp³-hybridized carbons (Fsp3) is 0.188. The van der Waals surface area contributed by atoms with Gasteiger partial charge in [-0.05, 0) is 43.0 Å². The molecule has 1 unspecified atom stereocenters. The summed E-state index contributed by atoms with van der Waals surface area (Å²) in [6.07, 6.45) is 1.77. The number of aromatic nitrogens is 1. The van der Waals surface area contributed by atoms with Crippen molar-refractivity contribution in [3.63, 3.8) is 0 Å². The van der Waals surface area contributed by atoms with Crippen LogP contribution in [-0.2, 0) is 0 Å². The fourth-order valence-corrected chi connectivity index (χ4v) is 3.71. The zero-order valence-corrected chi connectivity index (χ0v) is 12.9. The highest BCUT2D eigenvalue weighted by Crippen LogP contribution is 2.35. The molecule has 102 valence electrons. The topological polar surface area (TPSA) is 24.9 Å². The third-order valence-electron chi connectivity index (χ3n) is 3.38. The van der Waals surface area contributed by atoms with Crippen LogP contribution in [0, 0.1) is 6.92 Å². The van der Waals surface area contributed by atoms with Crippen LogP contribution in [0.25, 0.3) is 10.1 Å². The largest absolute Gasteiger partial charge is 0.376 e. The summed E-state index contributed by atoms with van der Waals surface area (Å²) in [5.41, 5.74) is 2.34. The van der Waals surface area contributed by atoms with E-state index < -0.39 is 0 Å². The van der Waals surface area contributed by atoms with E-state index in [-0.39, 0.29) is 6.04 Å². The number of fused-ring (bicyclic) bond motifs is 1. The van der Waals surface area contributed by atoms with Gasteiger partial charge < -0.3 is 5.32 Å². The molecule has 0 amide bonds. The van der Waals surface area contributed by atoms with Gasteiger partial charge in [-0.25, -0.2) is 4.98 Å². The molecule has 3 rings (SSSR count). The predicted molar refractivity (Wildman–Crippen MR) is 87.8 cm³/mol. The first kappa shape index (κ1) is 13.4. The Labute approximate surface area is 127 Å². The maximum absolute atomic E-state index is 5.81. The number of pyridine rings is 1. The Morgan fingerprint density at radius 2 is 2.00 bits per heavy atom. The van der Waals surface area contributed by atoms with Gasteiger partial charge in [0.2, 0.25) is 0 Å². The first-order valence-electron chi connectivity index (χ1n) is 6.51. The number of hydrogen-bond donors (Lipinski definition) is 1. The number of rotatable bonds is 3. The van der Waals surface area contributed by atoms with Gasteiger partial charge in [-0.2, -0.15) is 0 Å². The summed E-state index contributed by atoms with van der Waals surface area (Å²) >= 11 is 7.65. The second kappa shape index (κ2) is 5.43. The molecule has 0 radical (unpaired) electrons. The van der Waals surface area contributed by atoms with Crippen LogP contribution in [0.5, 0.6) is 0 Å². The van der Waals surface area contributed by atoms with Gasteiger partial charge >= 0.3 is 0 Å². The molecule has 0 aliphatic rings. The van der Waals surface area contributed by atoms with Crippen molar-refractivity contribution in [2.24, 2.45) is 0 Å². The zero-order chi connectivity index (χ0) is 14.1. The number of anilines is 1. The van der Waals surface area contributed by atoms with Crippen molar-refractivity contribution < 1.29 is 0 Å². The number of hydrogen-bond acceptors (Lipinski definition) is 3. The Morgan fingerprint density at radius 1 is 1.20 bits per heavy atom. The lowest BCUT2D eigenvalue weighted by molar-refractivity contribution is 0.898. The third-order valence-corrected chi connectivity index (χ3v) is 5.06. The smallest absolute Gasteiger partial charge is 0.129 e. The summed E-state index contributed by atoms with van der Waals surface area (Å²) in [5.74, 6) is 0. The first-order chi connectivity index (χ1) is 9.65. The molecule has 0 saturated carbocycles. The van der Waals surface area contributed by atoms with Crippen LogP contribution < -0.4 is 5.32 Å². The summed E-state index contributed by atoms with van der Waals surface area (Å²) in [6, 6.07) is 12.5. The summed E-state index contributed by atoms with van der Waals surface area (Å²) in [6.45, 7) is 4.36. The Kier molecular flexibility index (Phi) is 3.64. The first-order valence-corrected chi connectivity index (χ1v) is 7.70. The van der Waals surface area contributed by atoms with Crippen LogP contribution in [-0.4, -0.2) is 4.98 Å². The molecule has 0 saturated heterocycles. The van der Waals surface area contributed by atoms with Crippen molar-refractivity contribution in [1.29, 1.82) is 0 Å². The number of benzene rings is 1. The Bertz CT molecular complexity index is 734. The SMILES string of the molecule is Cc1c(C(C)Nc2ccc(Cl)nc2)sc2ccccc12. The minimum Gasteiger partial charge on any atom is -0.376 e. The van der Waals surface area contributed by atoms with E-state index in [0.29, 0.717) is 5.15 Å². The second-order valence-electron chi connectivity index (χ2n) is 4.82. The quantitative estimate of drug-likeness (QED) is 0.652. The van der Waals surface area contributed by atoms with Crippen molar-refractivity contribution in [2.45, 2.75) is 19.9 Å². The number of halogens is 1. The maximum atomic E-state index is 5.81. The van der Waals surface area contributed by atoms with Crippen molar-refractivity contribution >= 4 is 38.7 Å². The molecule has 3 aromatic rings. The molecule has 0 bridgehead atoms. The predicted octanol–water partition coefficient (Wildman–Crippen LogP) is 5.43. The summed E-state index contributed by atoms with van der Waals surface area (Å²) in [5, 5.41) is 5.33. The second-order valence-corrected chi connectivity index (χ2v) is 6.29. The van der Waals surface area contributed by atoms with Crippen LogP contribution in [0.15, 0.2) is 42.6 Å². The summed E-state index contributed by atoms with van der Waals surface area (Å²) in [4.78, 5) is 5.46. The van der Waals surface area contributed by atoms with Gasteiger partial charge in [0.05, 0.1) is 17.9 Å². The highest BCUT2D eigenvalue weighted by Gasteiger charge is 2.14. The molecule has 1 aromatic carbocycles. The van der Waals surface area contributed by atoms with Crippen molar-refractivity contribution in [3.05, 3.63) is 58.2 Å².